The second kappa shape index (κ2) is 9.92. The van der Waals surface area contributed by atoms with Gasteiger partial charge in [-0.1, -0.05) is 0 Å². The third-order valence-electron chi connectivity index (χ3n) is 8.53. The zero-order chi connectivity index (χ0) is 27.4. The van der Waals surface area contributed by atoms with Crippen molar-refractivity contribution in [1.82, 2.24) is 14.8 Å². The third-order valence-corrected chi connectivity index (χ3v) is 8.53. The van der Waals surface area contributed by atoms with Crippen LogP contribution in [0.2, 0.25) is 0 Å². The average molecular weight is 542 g/mol. The van der Waals surface area contributed by atoms with Crippen LogP contribution in [0.4, 0.5) is 17.1 Å². The van der Waals surface area contributed by atoms with Gasteiger partial charge in [0.25, 0.3) is 5.91 Å². The second-order valence-corrected chi connectivity index (χ2v) is 11.5. The molecule has 40 heavy (non-hydrogen) atoms. The van der Waals surface area contributed by atoms with Crippen molar-refractivity contribution in [2.24, 2.45) is 23.9 Å². The SMILES string of the molecule is Cc1cc2cc(n1)-c1cnn(C)c1OCCC[C@@H](C1CC1)CN1/C(=N/C2=O)Nc2ccc(N3CC[C@H](O)C3)cc21. The number of benzene rings is 1. The summed E-state index contributed by atoms with van der Waals surface area (Å²) < 4.78 is 7.99. The van der Waals surface area contributed by atoms with Crippen molar-refractivity contribution in [3.05, 3.63) is 47.8 Å². The van der Waals surface area contributed by atoms with E-state index in [0.717, 1.165) is 60.7 Å². The average Bonchev–Trinajstić information content (AvgIpc) is 3.46. The highest BCUT2D eigenvalue weighted by Gasteiger charge is 2.36. The Kier molecular flexibility index (Phi) is 6.22. The minimum Gasteiger partial charge on any atom is -0.477 e. The largest absolute Gasteiger partial charge is 0.477 e. The number of anilines is 3. The van der Waals surface area contributed by atoms with Gasteiger partial charge in [0.1, 0.15) is 0 Å². The lowest BCUT2D eigenvalue weighted by Crippen LogP contribution is -2.36. The number of nitrogens with one attached hydrogen (secondary N) is 1. The maximum absolute atomic E-state index is 13.6. The maximum atomic E-state index is 13.6. The standard InChI is InChI=1S/C30H35N7O3/c1-18-12-21-13-26(32-18)24-15-31-35(2)29(24)40-11-3-4-20(19-5-6-19)16-37-27-14-22(36-10-9-23(38)17-36)7-8-25(27)33-30(37)34-28(21)39/h7-8,12-15,19-20,23,38H,3-6,9-11,16-17H2,1-2H3,(H,33,34,39)/t20-,23+/m1/s1. The number of aromatic nitrogens is 3. The Labute approximate surface area is 233 Å². The zero-order valence-corrected chi connectivity index (χ0v) is 23.0. The summed E-state index contributed by atoms with van der Waals surface area (Å²) in [5.74, 6) is 2.03. The molecule has 7 rings (SSSR count). The van der Waals surface area contributed by atoms with Crippen molar-refractivity contribution >= 4 is 28.9 Å². The Balaban J connectivity index is 1.29. The van der Waals surface area contributed by atoms with Crippen LogP contribution in [0.1, 0.15) is 48.2 Å². The molecule has 1 amide bonds. The van der Waals surface area contributed by atoms with Crippen LogP contribution in [0.25, 0.3) is 11.3 Å². The Morgan fingerprint density at radius 3 is 2.75 bits per heavy atom. The molecule has 3 aliphatic heterocycles. The molecule has 0 radical (unpaired) electrons. The highest BCUT2D eigenvalue weighted by molar-refractivity contribution is 6.19. The van der Waals surface area contributed by atoms with Gasteiger partial charge in [0.2, 0.25) is 11.8 Å². The first-order valence-corrected chi connectivity index (χ1v) is 14.3. The lowest BCUT2D eigenvalue weighted by atomic mass is 9.97. The normalized spacial score (nSPS) is 24.2. The number of aliphatic hydroxyl groups is 1. The molecule has 2 aromatic heterocycles. The van der Waals surface area contributed by atoms with Crippen molar-refractivity contribution in [3.63, 3.8) is 0 Å². The lowest BCUT2D eigenvalue weighted by Gasteiger charge is -2.26. The molecule has 0 unspecified atom stereocenters. The Hall–Kier alpha value is -3.92. The predicted molar refractivity (Wildman–Crippen MR) is 154 cm³/mol. The first-order valence-electron chi connectivity index (χ1n) is 14.3. The van der Waals surface area contributed by atoms with Crippen LogP contribution in [0.15, 0.2) is 41.5 Å². The Morgan fingerprint density at radius 1 is 1.07 bits per heavy atom. The van der Waals surface area contributed by atoms with E-state index in [1.807, 2.05) is 14.0 Å². The number of guanidine groups is 1. The second-order valence-electron chi connectivity index (χ2n) is 11.5. The monoisotopic (exact) mass is 541 g/mol. The lowest BCUT2D eigenvalue weighted by molar-refractivity contribution is 0.100. The van der Waals surface area contributed by atoms with Gasteiger partial charge in [-0.2, -0.15) is 10.1 Å². The number of nitrogens with zero attached hydrogens (tertiary/aromatic N) is 6. The van der Waals surface area contributed by atoms with E-state index in [1.54, 1.807) is 23.0 Å². The fourth-order valence-electron chi connectivity index (χ4n) is 6.25. The fourth-order valence-corrected chi connectivity index (χ4v) is 6.25. The van der Waals surface area contributed by atoms with Crippen LogP contribution in [0, 0.1) is 18.8 Å². The number of β-amino-alcohol motifs (C(OH)–C–C–N with tert-alkyl or cyclic N) is 1. The summed E-state index contributed by atoms with van der Waals surface area (Å²) in [5.41, 5.74) is 5.68. The van der Waals surface area contributed by atoms with Crippen LogP contribution in [-0.2, 0) is 7.05 Å². The van der Waals surface area contributed by atoms with Crippen LogP contribution in [-0.4, -0.2) is 64.1 Å². The van der Waals surface area contributed by atoms with Gasteiger partial charge in [-0.25, -0.2) is 4.68 Å². The summed E-state index contributed by atoms with van der Waals surface area (Å²) in [4.78, 5) is 27.4. The van der Waals surface area contributed by atoms with Crippen molar-refractivity contribution in [2.75, 3.05) is 41.4 Å². The van der Waals surface area contributed by atoms with E-state index in [-0.39, 0.29) is 12.0 Å². The number of fused-ring (bicyclic) bond motifs is 7. The van der Waals surface area contributed by atoms with Crippen molar-refractivity contribution in [3.8, 4) is 17.1 Å². The zero-order valence-electron chi connectivity index (χ0n) is 23.0. The molecule has 2 atom stereocenters. The van der Waals surface area contributed by atoms with E-state index >= 15 is 0 Å². The van der Waals surface area contributed by atoms with Crippen molar-refractivity contribution in [1.29, 1.82) is 0 Å². The van der Waals surface area contributed by atoms with E-state index in [0.29, 0.717) is 48.1 Å². The molecule has 2 N–H and O–H groups in total. The maximum Gasteiger partial charge on any atom is 0.280 e. The van der Waals surface area contributed by atoms with Crippen LogP contribution < -0.4 is 19.9 Å². The molecule has 5 heterocycles. The number of carbonyl (C=O) groups excluding carboxylic acids is 1. The number of amides is 1. The highest BCUT2D eigenvalue weighted by Crippen LogP contribution is 2.43. The number of aliphatic imine (C=N–C) groups is 1. The van der Waals surface area contributed by atoms with E-state index < -0.39 is 0 Å². The molecule has 1 aromatic carbocycles. The number of ether oxygens (including phenoxy) is 1. The minimum absolute atomic E-state index is 0.294. The number of hydrogen-bond donors (Lipinski definition) is 2. The Morgan fingerprint density at radius 2 is 1.95 bits per heavy atom. The molecule has 2 fully saturated rings. The van der Waals surface area contributed by atoms with Crippen LogP contribution in [0.3, 0.4) is 0 Å². The van der Waals surface area contributed by atoms with E-state index in [9.17, 15) is 9.90 Å². The van der Waals surface area contributed by atoms with Gasteiger partial charge in [-0.05, 0) is 81.2 Å². The number of aryl methyl sites for hydroxylation is 2. The molecule has 1 saturated carbocycles. The van der Waals surface area contributed by atoms with Crippen LogP contribution in [0.5, 0.6) is 5.88 Å². The van der Waals surface area contributed by atoms with Gasteiger partial charge in [0.15, 0.2) is 0 Å². The summed E-state index contributed by atoms with van der Waals surface area (Å²) in [6.45, 7) is 4.72. The van der Waals surface area contributed by atoms with Gasteiger partial charge in [-0.3, -0.25) is 9.78 Å². The first kappa shape index (κ1) is 25.1. The quantitative estimate of drug-likeness (QED) is 0.502. The summed E-state index contributed by atoms with van der Waals surface area (Å²) in [5, 5.41) is 18.0. The fraction of sp³-hybridized carbons (Fsp3) is 0.467. The summed E-state index contributed by atoms with van der Waals surface area (Å²) in [7, 11) is 1.86. The highest BCUT2D eigenvalue weighted by atomic mass is 16.5. The number of pyridine rings is 1. The number of carbonyl (C=O) groups is 1. The molecular formula is C30H35N7O3. The van der Waals surface area contributed by atoms with Crippen LogP contribution >= 0.6 is 0 Å². The molecule has 10 heteroatoms. The van der Waals surface area contributed by atoms with Gasteiger partial charge in [0, 0.05) is 43.6 Å². The Bertz CT molecular complexity index is 1490. The molecule has 4 aliphatic rings. The van der Waals surface area contributed by atoms with Gasteiger partial charge < -0.3 is 25.0 Å². The minimum atomic E-state index is -0.320. The number of rotatable bonds is 2. The summed E-state index contributed by atoms with van der Waals surface area (Å²) in [6.07, 6.45) is 6.64. The van der Waals surface area contributed by atoms with Gasteiger partial charge in [-0.15, -0.1) is 0 Å². The summed E-state index contributed by atoms with van der Waals surface area (Å²) in [6, 6.07) is 9.87. The van der Waals surface area contributed by atoms with Gasteiger partial charge >= 0.3 is 0 Å². The topological polar surface area (TPSA) is 108 Å². The summed E-state index contributed by atoms with van der Waals surface area (Å²) >= 11 is 0. The number of hydrogen-bond acceptors (Lipinski definition) is 8. The molecule has 3 aromatic rings. The molecule has 1 saturated heterocycles. The van der Waals surface area contributed by atoms with Gasteiger partial charge in [0.05, 0.1) is 41.5 Å². The van der Waals surface area contributed by atoms with E-state index in [4.69, 9.17) is 9.72 Å². The molecule has 1 aliphatic carbocycles. The smallest absolute Gasteiger partial charge is 0.280 e. The van der Waals surface area contributed by atoms with E-state index in [2.05, 4.69) is 43.4 Å². The van der Waals surface area contributed by atoms with Crippen molar-refractivity contribution in [2.45, 2.75) is 45.1 Å². The molecular weight excluding hydrogens is 506 g/mol. The van der Waals surface area contributed by atoms with E-state index in [1.165, 1.54) is 12.8 Å². The predicted octanol–water partition coefficient (Wildman–Crippen LogP) is 3.99. The molecule has 208 valence electrons. The third kappa shape index (κ3) is 4.70. The first-order chi connectivity index (χ1) is 19.4. The molecule has 0 spiro atoms. The molecule has 10 nitrogen and oxygen atoms in total. The van der Waals surface area contributed by atoms with Crippen molar-refractivity contribution < 1.29 is 14.6 Å². The number of aliphatic hydroxyl groups excluding tert-OH is 1. The molecule has 2 bridgehead atoms.